The number of aromatic nitrogens is 6. The number of rotatable bonds is 10. The molecule has 3 atom stereocenters. The van der Waals surface area contributed by atoms with Crippen LogP contribution in [0, 0.1) is 17.2 Å². The van der Waals surface area contributed by atoms with Crippen molar-refractivity contribution >= 4 is 62.8 Å². The molecule has 11 rings (SSSR count). The molecule has 1 saturated carbocycles. The van der Waals surface area contributed by atoms with Gasteiger partial charge in [0.2, 0.25) is 17.8 Å². The summed E-state index contributed by atoms with van der Waals surface area (Å²) in [6.45, 7) is 4.74. The lowest BCUT2D eigenvalue weighted by atomic mass is 9.65. The molecule has 5 aromatic rings. The Balaban J connectivity index is 0.728. The molecule has 318 valence electrons. The third-order valence-electron chi connectivity index (χ3n) is 13.7. The monoisotopic (exact) mass is 832 g/mol. The lowest BCUT2D eigenvalue weighted by Crippen LogP contribution is -2.69. The van der Waals surface area contributed by atoms with Crippen molar-refractivity contribution < 1.29 is 23.5 Å². The highest BCUT2D eigenvalue weighted by atomic mass is 19.1. The first-order valence-corrected chi connectivity index (χ1v) is 21.1. The molecule has 1 aliphatic carbocycles. The molecule has 4 aromatic heterocycles. The highest BCUT2D eigenvalue weighted by Crippen LogP contribution is 2.48. The summed E-state index contributed by atoms with van der Waals surface area (Å²) in [6, 6.07) is 10.2. The summed E-state index contributed by atoms with van der Waals surface area (Å²) >= 11 is 0. The number of likely N-dealkylation sites (N-methyl/N-ethyl adjacent to an activating group) is 1. The second-order valence-corrected chi connectivity index (χ2v) is 17.6. The zero-order chi connectivity index (χ0) is 42.2. The molecule has 17 nitrogen and oxygen atoms in total. The molecule has 18 heteroatoms. The molecule has 1 spiro atoms. The zero-order valence-electron chi connectivity index (χ0n) is 34.5. The quantitative estimate of drug-likeness (QED) is 0.175. The Hall–Kier alpha value is -6.17. The number of benzene rings is 1. The topological polar surface area (TPSA) is 185 Å². The van der Waals surface area contributed by atoms with Crippen molar-refractivity contribution in [1.29, 1.82) is 0 Å². The number of hydrogen-bond donors (Lipinski definition) is 3. The number of piperidine rings is 2. The molecule has 5 aliphatic heterocycles. The predicted molar refractivity (Wildman–Crippen MR) is 225 cm³/mol. The van der Waals surface area contributed by atoms with Gasteiger partial charge in [0.15, 0.2) is 24.0 Å². The number of carbonyl (C=O) groups is 3. The van der Waals surface area contributed by atoms with Gasteiger partial charge in [-0.2, -0.15) is 10.1 Å². The minimum Gasteiger partial charge on any atom is -0.478 e. The average molecular weight is 833 g/mol. The van der Waals surface area contributed by atoms with Gasteiger partial charge in [-0.1, -0.05) is 0 Å². The van der Waals surface area contributed by atoms with E-state index in [1.54, 1.807) is 13.1 Å². The van der Waals surface area contributed by atoms with E-state index in [-0.39, 0.29) is 48.0 Å². The van der Waals surface area contributed by atoms with Gasteiger partial charge in [-0.15, -0.1) is 0 Å². The maximum absolute atomic E-state index is 15.1. The number of halogens is 1. The SMILES string of the molecule is CNC(=O)COc1cc2cc(Nc3nc(N4C5CC4CN(CC4CCC6(CC4)CN(c4ccc7c(C8CCC(=O)NC8=O)nn(C)c7c4)C6)C5)ncc3F)cnc2n(C)c1=O. The number of nitrogens with zero attached hydrogens (tertiary/aromatic N) is 9. The number of anilines is 4. The molecule has 2 bridgehead atoms. The van der Waals surface area contributed by atoms with Crippen LogP contribution in [0.15, 0.2) is 47.5 Å². The molecule has 61 heavy (non-hydrogen) atoms. The van der Waals surface area contributed by atoms with Crippen molar-refractivity contribution in [1.82, 2.24) is 44.8 Å². The molecule has 6 fully saturated rings. The highest BCUT2D eigenvalue weighted by molar-refractivity contribution is 6.02. The summed E-state index contributed by atoms with van der Waals surface area (Å²) in [4.78, 5) is 69.5. The minimum atomic E-state index is -0.592. The van der Waals surface area contributed by atoms with Crippen molar-refractivity contribution in [2.45, 2.75) is 62.9 Å². The Bertz CT molecular complexity index is 2640. The van der Waals surface area contributed by atoms with Gasteiger partial charge in [-0.25, -0.2) is 14.4 Å². The normalized spacial score (nSPS) is 22.6. The van der Waals surface area contributed by atoms with Gasteiger partial charge in [-0.3, -0.25) is 38.6 Å². The van der Waals surface area contributed by atoms with Crippen molar-refractivity contribution in [3.63, 3.8) is 0 Å². The van der Waals surface area contributed by atoms with Crippen LogP contribution in [0.4, 0.5) is 27.5 Å². The molecule has 1 aromatic carbocycles. The van der Waals surface area contributed by atoms with E-state index in [4.69, 9.17) is 9.84 Å². The van der Waals surface area contributed by atoms with Crippen LogP contribution in [0.1, 0.15) is 56.6 Å². The molecular formula is C43H49FN12O5. The lowest BCUT2D eigenvalue weighted by molar-refractivity contribution is -0.134. The first kappa shape index (κ1) is 39.0. The van der Waals surface area contributed by atoms with E-state index in [2.05, 4.69) is 63.8 Å². The molecule has 0 radical (unpaired) electrons. The molecular weight excluding hydrogens is 784 g/mol. The Morgan fingerprint density at radius 2 is 1.80 bits per heavy atom. The van der Waals surface area contributed by atoms with E-state index in [9.17, 15) is 19.2 Å². The molecule has 3 amide bonds. The van der Waals surface area contributed by atoms with Crippen LogP contribution in [0.25, 0.3) is 21.9 Å². The fraction of sp³-hybridized carbons (Fsp3) is 0.488. The van der Waals surface area contributed by atoms with Crippen molar-refractivity contribution in [2.75, 3.05) is 61.5 Å². The fourth-order valence-electron chi connectivity index (χ4n) is 10.4. The van der Waals surface area contributed by atoms with Crippen LogP contribution >= 0.6 is 0 Å². The first-order chi connectivity index (χ1) is 29.4. The molecule has 5 saturated heterocycles. The summed E-state index contributed by atoms with van der Waals surface area (Å²) in [6.07, 6.45) is 9.50. The number of fused-ring (bicyclic) bond motifs is 4. The Morgan fingerprint density at radius 3 is 2.56 bits per heavy atom. The van der Waals surface area contributed by atoms with Gasteiger partial charge in [0.05, 0.1) is 35.2 Å². The van der Waals surface area contributed by atoms with Crippen LogP contribution in [0.3, 0.4) is 0 Å². The molecule has 6 aliphatic rings. The summed E-state index contributed by atoms with van der Waals surface area (Å²) in [5.41, 5.74) is 3.74. The van der Waals surface area contributed by atoms with Gasteiger partial charge in [0.25, 0.3) is 11.5 Å². The fourth-order valence-corrected chi connectivity index (χ4v) is 10.4. The van der Waals surface area contributed by atoms with Crippen LogP contribution in [0.5, 0.6) is 5.75 Å². The summed E-state index contributed by atoms with van der Waals surface area (Å²) in [5.74, 6) is -0.644. The maximum Gasteiger partial charge on any atom is 0.294 e. The zero-order valence-corrected chi connectivity index (χ0v) is 34.5. The van der Waals surface area contributed by atoms with Gasteiger partial charge in [0.1, 0.15) is 5.65 Å². The third-order valence-corrected chi connectivity index (χ3v) is 13.7. The summed E-state index contributed by atoms with van der Waals surface area (Å²) < 4.78 is 23.8. The van der Waals surface area contributed by atoms with E-state index in [0.717, 1.165) is 55.7 Å². The number of pyridine rings is 2. The van der Waals surface area contributed by atoms with Crippen LogP contribution in [0.2, 0.25) is 0 Å². The standard InChI is InChI=1S/C43H49FN12O5/c1-45-36(58)21-61-34-13-25-12-26(16-46-39(25)52(2)41(34)60)48-38-32(44)17-47-42(50-38)56-28-14-29(56)20-54(19-28)18-24-8-10-43(11-9-24)22-55(23-43)27-4-5-30-33(15-27)53(3)51-37(30)31-6-7-35(57)49-40(31)59/h4-5,12-13,15-17,24,28-29,31H,6-11,14,18-23H2,1-3H3,(H,45,58)(H,47,48,50)(H,49,57,59). The number of hydrogen-bond acceptors (Lipinski definition) is 13. The molecule has 3 N–H and O–H groups in total. The second-order valence-electron chi connectivity index (χ2n) is 17.6. The van der Waals surface area contributed by atoms with E-state index in [1.807, 2.05) is 11.7 Å². The molecule has 9 heterocycles. The predicted octanol–water partition coefficient (Wildman–Crippen LogP) is 3.10. The summed E-state index contributed by atoms with van der Waals surface area (Å²) in [5, 5.41) is 14.2. The number of ether oxygens (including phenoxy) is 1. The number of nitrogens with one attached hydrogen (secondary N) is 3. The third kappa shape index (κ3) is 7.09. The average Bonchev–Trinajstić information content (AvgIpc) is 3.56. The van der Waals surface area contributed by atoms with Gasteiger partial charge in [-0.05, 0) is 74.8 Å². The van der Waals surface area contributed by atoms with Crippen molar-refractivity contribution in [3.05, 3.63) is 64.6 Å². The largest absolute Gasteiger partial charge is 0.478 e. The van der Waals surface area contributed by atoms with Gasteiger partial charge < -0.3 is 25.2 Å². The maximum atomic E-state index is 15.1. The smallest absolute Gasteiger partial charge is 0.294 e. The van der Waals surface area contributed by atoms with E-state index >= 15 is 4.39 Å². The Kier molecular flexibility index (Phi) is 9.64. The first-order valence-electron chi connectivity index (χ1n) is 21.1. The lowest BCUT2D eigenvalue weighted by Gasteiger charge is -2.57. The van der Waals surface area contributed by atoms with E-state index in [0.29, 0.717) is 46.8 Å². The highest BCUT2D eigenvalue weighted by Gasteiger charge is 2.48. The van der Waals surface area contributed by atoms with Crippen LogP contribution in [-0.2, 0) is 28.5 Å². The van der Waals surface area contributed by atoms with Crippen molar-refractivity contribution in [2.24, 2.45) is 25.4 Å². The van der Waals surface area contributed by atoms with Crippen LogP contribution < -0.4 is 36.0 Å². The molecule has 3 unspecified atom stereocenters. The number of carbonyl (C=O) groups excluding carboxylic acids is 3. The Morgan fingerprint density at radius 1 is 1.02 bits per heavy atom. The van der Waals surface area contributed by atoms with Gasteiger partial charge in [0, 0.05) is 94.2 Å². The number of amides is 3. The van der Waals surface area contributed by atoms with Gasteiger partial charge >= 0.3 is 0 Å². The van der Waals surface area contributed by atoms with Crippen LogP contribution in [-0.4, -0.2) is 110 Å². The van der Waals surface area contributed by atoms with Crippen molar-refractivity contribution in [3.8, 4) is 5.75 Å². The van der Waals surface area contributed by atoms with E-state index in [1.165, 1.54) is 61.4 Å². The van der Waals surface area contributed by atoms with E-state index < -0.39 is 17.3 Å². The number of aryl methyl sites for hydroxylation is 2. The Labute approximate surface area is 350 Å². The minimum absolute atomic E-state index is 0.00581. The summed E-state index contributed by atoms with van der Waals surface area (Å²) in [7, 11) is 4.98. The second kappa shape index (κ2) is 15.1. The number of imide groups is 1. The number of piperazine rings is 1.